The van der Waals surface area contributed by atoms with Gasteiger partial charge < -0.3 is 10.2 Å². The standard InChI is InChI=1S/C14H22N4O/c1-10-7-11(2)18(16-10)9-14(19)17-6-5-12-3-4-13(8-17)15-12/h7,12-13,15H,3-6,8-9H2,1-2H3/t12-,13+/m1/s1. The van der Waals surface area contributed by atoms with Gasteiger partial charge in [-0.2, -0.15) is 5.10 Å². The summed E-state index contributed by atoms with van der Waals surface area (Å²) < 4.78 is 1.81. The molecular formula is C14H22N4O. The van der Waals surface area contributed by atoms with E-state index in [9.17, 15) is 4.79 Å². The zero-order valence-corrected chi connectivity index (χ0v) is 11.7. The van der Waals surface area contributed by atoms with Gasteiger partial charge in [-0.25, -0.2) is 0 Å². The number of aromatic nitrogens is 2. The van der Waals surface area contributed by atoms with E-state index < -0.39 is 0 Å². The average molecular weight is 262 g/mol. The molecule has 2 fully saturated rings. The number of likely N-dealkylation sites (tertiary alicyclic amines) is 1. The first-order chi connectivity index (χ1) is 9.11. The molecule has 3 heterocycles. The van der Waals surface area contributed by atoms with E-state index in [1.165, 1.54) is 12.8 Å². The molecular weight excluding hydrogens is 240 g/mol. The second-order valence-electron chi connectivity index (χ2n) is 5.85. The summed E-state index contributed by atoms with van der Waals surface area (Å²) in [6, 6.07) is 3.13. The second-order valence-corrected chi connectivity index (χ2v) is 5.85. The zero-order valence-electron chi connectivity index (χ0n) is 11.7. The highest BCUT2D eigenvalue weighted by Crippen LogP contribution is 2.20. The van der Waals surface area contributed by atoms with Gasteiger partial charge in [-0.05, 0) is 39.2 Å². The van der Waals surface area contributed by atoms with E-state index in [1.54, 1.807) is 0 Å². The number of nitrogens with one attached hydrogen (secondary N) is 1. The van der Waals surface area contributed by atoms with Crippen LogP contribution in [0.2, 0.25) is 0 Å². The molecule has 5 nitrogen and oxygen atoms in total. The van der Waals surface area contributed by atoms with Crippen molar-refractivity contribution in [1.29, 1.82) is 0 Å². The first kappa shape index (κ1) is 12.7. The van der Waals surface area contributed by atoms with Gasteiger partial charge in [0, 0.05) is 30.9 Å². The number of rotatable bonds is 2. The number of hydrogen-bond acceptors (Lipinski definition) is 3. The Balaban J connectivity index is 1.65. The third-order valence-electron chi connectivity index (χ3n) is 4.26. The van der Waals surface area contributed by atoms with Crippen LogP contribution in [0.4, 0.5) is 0 Å². The Kier molecular flexibility index (Phi) is 3.31. The Morgan fingerprint density at radius 3 is 2.89 bits per heavy atom. The number of carbonyl (C=O) groups is 1. The number of hydrogen-bond donors (Lipinski definition) is 1. The fraction of sp³-hybridized carbons (Fsp3) is 0.714. The van der Waals surface area contributed by atoms with Crippen molar-refractivity contribution < 1.29 is 4.79 Å². The molecule has 0 spiro atoms. The van der Waals surface area contributed by atoms with Crippen molar-refractivity contribution in [3.8, 4) is 0 Å². The molecule has 0 unspecified atom stereocenters. The normalized spacial score (nSPS) is 26.5. The first-order valence-corrected chi connectivity index (χ1v) is 7.16. The van der Waals surface area contributed by atoms with Gasteiger partial charge in [0.1, 0.15) is 6.54 Å². The molecule has 2 atom stereocenters. The third kappa shape index (κ3) is 2.66. The van der Waals surface area contributed by atoms with Gasteiger partial charge in [0.05, 0.1) is 5.69 Å². The summed E-state index contributed by atoms with van der Waals surface area (Å²) in [6.07, 6.45) is 3.55. The third-order valence-corrected chi connectivity index (χ3v) is 4.26. The van der Waals surface area contributed by atoms with Gasteiger partial charge in [0.25, 0.3) is 0 Å². The van der Waals surface area contributed by atoms with Gasteiger partial charge in [-0.3, -0.25) is 9.48 Å². The van der Waals surface area contributed by atoms with E-state index in [0.717, 1.165) is 30.9 Å². The highest BCUT2D eigenvalue weighted by molar-refractivity contribution is 5.76. The number of fused-ring (bicyclic) bond motifs is 2. The van der Waals surface area contributed by atoms with E-state index in [1.807, 2.05) is 29.5 Å². The first-order valence-electron chi connectivity index (χ1n) is 7.16. The second kappa shape index (κ2) is 4.96. The van der Waals surface area contributed by atoms with Crippen LogP contribution >= 0.6 is 0 Å². The summed E-state index contributed by atoms with van der Waals surface area (Å²) in [7, 11) is 0. The number of nitrogens with zero attached hydrogens (tertiary/aromatic N) is 3. The van der Waals surface area contributed by atoms with Crippen LogP contribution in [0.3, 0.4) is 0 Å². The lowest BCUT2D eigenvalue weighted by Gasteiger charge is -2.24. The summed E-state index contributed by atoms with van der Waals surface area (Å²) in [5, 5.41) is 7.97. The molecule has 0 aromatic carbocycles. The molecule has 3 rings (SSSR count). The van der Waals surface area contributed by atoms with Crippen molar-refractivity contribution >= 4 is 5.91 Å². The Labute approximate surface area is 114 Å². The molecule has 1 aromatic heterocycles. The molecule has 1 amide bonds. The molecule has 0 radical (unpaired) electrons. The Morgan fingerprint density at radius 2 is 2.16 bits per heavy atom. The van der Waals surface area contributed by atoms with Crippen molar-refractivity contribution in [2.75, 3.05) is 13.1 Å². The summed E-state index contributed by atoms with van der Waals surface area (Å²) >= 11 is 0. The molecule has 2 aliphatic rings. The predicted molar refractivity (Wildman–Crippen MR) is 72.8 cm³/mol. The van der Waals surface area contributed by atoms with Crippen LogP contribution in [0.15, 0.2) is 6.07 Å². The monoisotopic (exact) mass is 262 g/mol. The molecule has 0 aliphatic carbocycles. The van der Waals surface area contributed by atoms with Gasteiger partial charge >= 0.3 is 0 Å². The van der Waals surface area contributed by atoms with E-state index in [-0.39, 0.29) is 5.91 Å². The maximum Gasteiger partial charge on any atom is 0.244 e. The highest BCUT2D eigenvalue weighted by Gasteiger charge is 2.31. The van der Waals surface area contributed by atoms with E-state index >= 15 is 0 Å². The van der Waals surface area contributed by atoms with Crippen LogP contribution in [0.5, 0.6) is 0 Å². The quantitative estimate of drug-likeness (QED) is 0.860. The largest absolute Gasteiger partial charge is 0.339 e. The minimum Gasteiger partial charge on any atom is -0.339 e. The molecule has 104 valence electrons. The van der Waals surface area contributed by atoms with E-state index in [2.05, 4.69) is 10.4 Å². The molecule has 19 heavy (non-hydrogen) atoms. The maximum atomic E-state index is 12.4. The highest BCUT2D eigenvalue weighted by atomic mass is 16.2. The smallest absolute Gasteiger partial charge is 0.244 e. The van der Waals surface area contributed by atoms with Gasteiger partial charge in [0.2, 0.25) is 5.91 Å². The molecule has 0 saturated carbocycles. The lowest BCUT2D eigenvalue weighted by molar-refractivity contribution is -0.132. The van der Waals surface area contributed by atoms with Gasteiger partial charge in [0.15, 0.2) is 0 Å². The molecule has 2 bridgehead atoms. The van der Waals surface area contributed by atoms with Crippen molar-refractivity contribution in [2.45, 2.75) is 51.7 Å². The summed E-state index contributed by atoms with van der Waals surface area (Å²) in [5.74, 6) is 0.195. The average Bonchev–Trinajstić information content (AvgIpc) is 2.82. The lowest BCUT2D eigenvalue weighted by Crippen LogP contribution is -2.40. The zero-order chi connectivity index (χ0) is 13.4. The summed E-state index contributed by atoms with van der Waals surface area (Å²) in [6.45, 7) is 6.07. The van der Waals surface area contributed by atoms with Crippen LogP contribution in [0.25, 0.3) is 0 Å². The minimum atomic E-state index is 0.195. The number of aryl methyl sites for hydroxylation is 2. The Morgan fingerprint density at radius 1 is 1.37 bits per heavy atom. The molecule has 1 aromatic rings. The van der Waals surface area contributed by atoms with Crippen molar-refractivity contribution in [3.63, 3.8) is 0 Å². The molecule has 1 N–H and O–H groups in total. The van der Waals surface area contributed by atoms with Gasteiger partial charge in [-0.15, -0.1) is 0 Å². The summed E-state index contributed by atoms with van der Waals surface area (Å²) in [5.41, 5.74) is 2.03. The van der Waals surface area contributed by atoms with E-state index in [0.29, 0.717) is 18.6 Å². The van der Waals surface area contributed by atoms with Crippen LogP contribution in [-0.2, 0) is 11.3 Å². The van der Waals surface area contributed by atoms with Crippen LogP contribution < -0.4 is 5.32 Å². The van der Waals surface area contributed by atoms with Crippen molar-refractivity contribution in [2.24, 2.45) is 0 Å². The summed E-state index contributed by atoms with van der Waals surface area (Å²) in [4.78, 5) is 14.4. The van der Waals surface area contributed by atoms with Gasteiger partial charge in [-0.1, -0.05) is 0 Å². The Hall–Kier alpha value is -1.36. The Bertz CT molecular complexity index is 482. The topological polar surface area (TPSA) is 50.2 Å². The van der Waals surface area contributed by atoms with Crippen LogP contribution in [0, 0.1) is 13.8 Å². The predicted octanol–water partition coefficient (Wildman–Crippen LogP) is 0.853. The lowest BCUT2D eigenvalue weighted by atomic mass is 10.1. The fourth-order valence-corrected chi connectivity index (χ4v) is 3.23. The number of carbonyl (C=O) groups excluding carboxylic acids is 1. The molecule has 2 saturated heterocycles. The van der Waals surface area contributed by atoms with Crippen molar-refractivity contribution in [3.05, 3.63) is 17.5 Å². The van der Waals surface area contributed by atoms with Crippen molar-refractivity contribution in [1.82, 2.24) is 20.0 Å². The molecule has 5 heteroatoms. The van der Waals surface area contributed by atoms with Crippen LogP contribution in [-0.4, -0.2) is 45.8 Å². The fourth-order valence-electron chi connectivity index (χ4n) is 3.23. The number of amides is 1. The maximum absolute atomic E-state index is 12.4. The minimum absolute atomic E-state index is 0.195. The SMILES string of the molecule is Cc1cc(C)n(CC(=O)N2CC[C@H]3CC[C@@H](C2)N3)n1. The molecule has 2 aliphatic heterocycles. The van der Waals surface area contributed by atoms with E-state index in [4.69, 9.17) is 0 Å². The van der Waals surface area contributed by atoms with Crippen LogP contribution in [0.1, 0.15) is 30.7 Å².